The summed E-state index contributed by atoms with van der Waals surface area (Å²) in [5.74, 6) is -1.15. The third-order valence-corrected chi connectivity index (χ3v) is 7.13. The van der Waals surface area contributed by atoms with Crippen molar-refractivity contribution in [3.8, 4) is 5.69 Å². The van der Waals surface area contributed by atoms with Crippen LogP contribution in [0.2, 0.25) is 0 Å². The monoisotopic (exact) mass is 501 g/mol. The van der Waals surface area contributed by atoms with Crippen LogP contribution < -0.4 is 9.62 Å². The fourth-order valence-electron chi connectivity index (χ4n) is 4.97. The second kappa shape index (κ2) is 8.56. The van der Waals surface area contributed by atoms with Gasteiger partial charge >= 0.3 is 0 Å². The summed E-state index contributed by atoms with van der Waals surface area (Å²) >= 11 is 0. The summed E-state index contributed by atoms with van der Waals surface area (Å²) in [5.41, 5.74) is 2.62. The van der Waals surface area contributed by atoms with Crippen LogP contribution in [0, 0.1) is 11.2 Å². The van der Waals surface area contributed by atoms with Gasteiger partial charge in [-0.15, -0.1) is 0 Å². The Morgan fingerprint density at radius 1 is 1.23 bits per heavy atom. The average molecular weight is 502 g/mol. The number of hydrogen-bond acceptors (Lipinski definition) is 7. The molecule has 2 aromatic heterocycles. The molecular weight excluding hydrogens is 473 g/mol. The molecule has 1 N–H and O–H groups in total. The molecule has 1 aromatic carbocycles. The van der Waals surface area contributed by atoms with Gasteiger partial charge in [0, 0.05) is 25.1 Å². The number of carbonyl (C=O) groups is 1. The van der Waals surface area contributed by atoms with E-state index in [1.54, 1.807) is 22.9 Å². The summed E-state index contributed by atoms with van der Waals surface area (Å²) in [6, 6.07) is 7.49. The Hall–Kier alpha value is -3.05. The lowest BCUT2D eigenvalue weighted by molar-refractivity contribution is -0.0233. The quantitative estimate of drug-likeness (QED) is 0.573. The Bertz CT molecular complexity index is 1390. The van der Waals surface area contributed by atoms with Crippen LogP contribution in [0.5, 0.6) is 0 Å². The number of nitrogens with zero attached hydrogens (tertiary/aromatic N) is 4. The van der Waals surface area contributed by atoms with Crippen molar-refractivity contribution in [2.75, 3.05) is 37.5 Å². The van der Waals surface area contributed by atoms with Crippen molar-refractivity contribution in [1.82, 2.24) is 19.5 Å². The Morgan fingerprint density at radius 3 is 2.54 bits per heavy atom. The van der Waals surface area contributed by atoms with E-state index < -0.39 is 15.9 Å². The van der Waals surface area contributed by atoms with Crippen molar-refractivity contribution in [3.63, 3.8) is 0 Å². The zero-order chi connectivity index (χ0) is 25.0. The molecule has 11 heteroatoms. The lowest BCUT2D eigenvalue weighted by atomic mass is 9.75. The minimum Gasteiger partial charge on any atom is -0.381 e. The molecule has 0 saturated carbocycles. The number of sulfonamides is 1. The van der Waals surface area contributed by atoms with E-state index >= 15 is 0 Å². The Morgan fingerprint density at radius 2 is 1.94 bits per heavy atom. The van der Waals surface area contributed by atoms with E-state index in [9.17, 15) is 17.6 Å². The highest BCUT2D eigenvalue weighted by molar-refractivity contribution is 7.89. The normalized spacial score (nSPS) is 17.7. The molecule has 3 aromatic rings. The average Bonchev–Trinajstić information content (AvgIpc) is 3.17. The predicted octanol–water partition coefficient (Wildman–Crippen LogP) is 2.99. The van der Waals surface area contributed by atoms with Gasteiger partial charge in [0.1, 0.15) is 11.5 Å². The number of pyridine rings is 1. The van der Waals surface area contributed by atoms with Crippen LogP contribution in [0.3, 0.4) is 0 Å². The van der Waals surface area contributed by atoms with Crippen molar-refractivity contribution >= 4 is 32.7 Å². The molecular formula is C24H28FN5O4S. The highest BCUT2D eigenvalue weighted by Crippen LogP contribution is 2.44. The first kappa shape index (κ1) is 23.7. The molecule has 9 nitrogen and oxygen atoms in total. The van der Waals surface area contributed by atoms with E-state index in [4.69, 9.17) is 9.84 Å². The molecule has 0 unspecified atom stereocenters. The molecule has 2 aliphatic heterocycles. The van der Waals surface area contributed by atoms with E-state index in [0.717, 1.165) is 55.6 Å². The summed E-state index contributed by atoms with van der Waals surface area (Å²) in [6.07, 6.45) is 3.01. The second-order valence-corrected chi connectivity index (χ2v) is 11.6. The standard InChI is InChI=1S/C24H28FN5O4S/c1-15(2)21-20-19(29-12-24(13-29)9-4-10-34-14-24)11-18(23(31)28-35(3,32)33)26-22(20)30(27-21)17-7-5-16(25)6-8-17/h5-8,11,15H,4,9-10,12-14H2,1-3H3,(H,28,31). The van der Waals surface area contributed by atoms with Crippen LogP contribution >= 0.6 is 0 Å². The number of fused-ring (bicyclic) bond motifs is 1. The van der Waals surface area contributed by atoms with Gasteiger partial charge in [-0.05, 0) is 49.1 Å². The fraction of sp³-hybridized carbons (Fsp3) is 0.458. The topological polar surface area (TPSA) is 106 Å². The van der Waals surface area contributed by atoms with Crippen LogP contribution in [-0.4, -0.2) is 61.6 Å². The van der Waals surface area contributed by atoms with E-state index in [1.165, 1.54) is 12.1 Å². The maximum Gasteiger partial charge on any atom is 0.283 e. The zero-order valence-corrected chi connectivity index (χ0v) is 20.7. The number of aromatic nitrogens is 3. The van der Waals surface area contributed by atoms with E-state index in [2.05, 4.69) is 9.88 Å². The minimum atomic E-state index is -3.78. The number of ether oxygens (including phenoxy) is 1. The van der Waals surface area contributed by atoms with Gasteiger partial charge in [-0.2, -0.15) is 5.10 Å². The van der Waals surface area contributed by atoms with Gasteiger partial charge in [0.25, 0.3) is 5.91 Å². The number of carbonyl (C=O) groups excluding carboxylic acids is 1. The van der Waals surface area contributed by atoms with Crippen molar-refractivity contribution < 1.29 is 22.3 Å². The molecule has 1 amide bonds. The van der Waals surface area contributed by atoms with Gasteiger partial charge in [0.05, 0.1) is 35.3 Å². The summed E-state index contributed by atoms with van der Waals surface area (Å²) in [6.45, 7) is 7.05. The Balaban J connectivity index is 1.68. The molecule has 0 aliphatic carbocycles. The smallest absolute Gasteiger partial charge is 0.283 e. The zero-order valence-electron chi connectivity index (χ0n) is 19.9. The summed E-state index contributed by atoms with van der Waals surface area (Å²) in [7, 11) is -3.78. The molecule has 4 heterocycles. The largest absolute Gasteiger partial charge is 0.381 e. The van der Waals surface area contributed by atoms with Gasteiger partial charge in [-0.25, -0.2) is 27.2 Å². The first-order valence-corrected chi connectivity index (χ1v) is 13.5. The van der Waals surface area contributed by atoms with Crippen molar-refractivity contribution in [2.45, 2.75) is 32.6 Å². The molecule has 0 atom stereocenters. The maximum absolute atomic E-state index is 13.6. The third kappa shape index (κ3) is 4.50. The number of halogens is 1. The van der Waals surface area contributed by atoms with Gasteiger partial charge in [0.2, 0.25) is 10.0 Å². The molecule has 0 bridgehead atoms. The number of hydrogen-bond donors (Lipinski definition) is 1. The molecule has 5 rings (SSSR count). The van der Waals surface area contributed by atoms with Crippen molar-refractivity contribution in [2.24, 2.45) is 5.41 Å². The van der Waals surface area contributed by atoms with Crippen LogP contribution in [0.25, 0.3) is 16.7 Å². The second-order valence-electron chi connectivity index (χ2n) is 9.87. The molecule has 186 valence electrons. The molecule has 0 radical (unpaired) electrons. The number of amides is 1. The molecule has 2 fully saturated rings. The van der Waals surface area contributed by atoms with Crippen LogP contribution in [0.15, 0.2) is 30.3 Å². The number of rotatable bonds is 5. The van der Waals surface area contributed by atoms with E-state index in [-0.39, 0.29) is 22.8 Å². The van der Waals surface area contributed by atoms with Crippen molar-refractivity contribution in [3.05, 3.63) is 47.5 Å². The summed E-state index contributed by atoms with van der Waals surface area (Å²) < 4.78 is 46.4. The van der Waals surface area contributed by atoms with Crippen LogP contribution in [0.4, 0.5) is 10.1 Å². The highest BCUT2D eigenvalue weighted by atomic mass is 32.2. The van der Waals surface area contributed by atoms with Gasteiger partial charge in [-0.3, -0.25) is 4.79 Å². The molecule has 2 aliphatic rings. The summed E-state index contributed by atoms with van der Waals surface area (Å²) in [4.78, 5) is 19.6. The van der Waals surface area contributed by atoms with Crippen molar-refractivity contribution in [1.29, 1.82) is 0 Å². The fourth-order valence-corrected chi connectivity index (χ4v) is 5.41. The number of benzene rings is 1. The maximum atomic E-state index is 13.6. The number of anilines is 1. The van der Waals surface area contributed by atoms with Gasteiger partial charge in [0.15, 0.2) is 5.65 Å². The van der Waals surface area contributed by atoms with Crippen LogP contribution in [0.1, 0.15) is 48.8 Å². The highest BCUT2D eigenvalue weighted by Gasteiger charge is 2.45. The predicted molar refractivity (Wildman–Crippen MR) is 130 cm³/mol. The van der Waals surface area contributed by atoms with E-state index in [0.29, 0.717) is 17.9 Å². The van der Waals surface area contributed by atoms with Gasteiger partial charge < -0.3 is 9.64 Å². The van der Waals surface area contributed by atoms with Crippen LogP contribution in [-0.2, 0) is 14.8 Å². The third-order valence-electron chi connectivity index (χ3n) is 6.57. The number of nitrogens with one attached hydrogen (secondary N) is 1. The molecule has 2 saturated heterocycles. The molecule has 1 spiro atoms. The Labute approximate surface area is 203 Å². The van der Waals surface area contributed by atoms with Gasteiger partial charge in [-0.1, -0.05) is 13.8 Å². The first-order chi connectivity index (χ1) is 16.6. The SMILES string of the molecule is CC(C)c1nn(-c2ccc(F)cc2)c2nc(C(=O)NS(C)(=O)=O)cc(N3CC4(CCCOC4)C3)c12. The lowest BCUT2D eigenvalue weighted by Gasteiger charge is -2.53. The summed E-state index contributed by atoms with van der Waals surface area (Å²) in [5, 5.41) is 5.60. The first-order valence-electron chi connectivity index (χ1n) is 11.6. The van der Waals surface area contributed by atoms with E-state index in [1.807, 2.05) is 18.6 Å². The lowest BCUT2D eigenvalue weighted by Crippen LogP contribution is -2.60. The Kier molecular flexibility index (Phi) is 5.79. The minimum absolute atomic E-state index is 0.0302. The molecule has 35 heavy (non-hydrogen) atoms.